The molecule has 106 valence electrons. The Hall–Kier alpha value is -1.51. The number of unbranched alkanes of at least 4 members (excludes halogenated alkanes) is 1. The summed E-state index contributed by atoms with van der Waals surface area (Å²) < 4.78 is 0. The molecule has 1 N–H and O–H groups in total. The maximum absolute atomic E-state index is 12.3. The molecule has 1 aromatic carbocycles. The maximum Gasteiger partial charge on any atom is 0.253 e. The van der Waals surface area contributed by atoms with Crippen LogP contribution in [0.15, 0.2) is 18.2 Å². The van der Waals surface area contributed by atoms with Gasteiger partial charge in [-0.1, -0.05) is 20.3 Å². The minimum absolute atomic E-state index is 0.119. The Bertz CT molecular complexity index is 415. The van der Waals surface area contributed by atoms with Gasteiger partial charge in [0.15, 0.2) is 0 Å². The Labute approximate surface area is 117 Å². The molecule has 0 radical (unpaired) electrons. The second-order valence-electron chi connectivity index (χ2n) is 5.04. The molecule has 1 aromatic rings. The summed E-state index contributed by atoms with van der Waals surface area (Å²) in [6.07, 6.45) is 3.26. The third-order valence-corrected chi connectivity index (χ3v) is 3.23. The SMILES string of the molecule is CCCCN(C)C(=O)c1ccc(NCCC)cc1C. The van der Waals surface area contributed by atoms with Crippen molar-refractivity contribution >= 4 is 11.6 Å². The Morgan fingerprint density at radius 1 is 1.26 bits per heavy atom. The molecular formula is C16H26N2O. The summed E-state index contributed by atoms with van der Waals surface area (Å²) in [5.41, 5.74) is 2.93. The van der Waals surface area contributed by atoms with Gasteiger partial charge in [0.25, 0.3) is 5.91 Å². The number of hydrogen-bond acceptors (Lipinski definition) is 2. The Balaban J connectivity index is 2.75. The van der Waals surface area contributed by atoms with E-state index in [9.17, 15) is 4.79 Å². The summed E-state index contributed by atoms with van der Waals surface area (Å²) in [5, 5.41) is 3.34. The number of aryl methyl sites for hydroxylation is 1. The van der Waals surface area contributed by atoms with Gasteiger partial charge in [-0.15, -0.1) is 0 Å². The van der Waals surface area contributed by atoms with Crippen molar-refractivity contribution in [2.45, 2.75) is 40.0 Å². The highest BCUT2D eigenvalue weighted by Gasteiger charge is 2.13. The average Bonchev–Trinajstić information content (AvgIpc) is 2.41. The lowest BCUT2D eigenvalue weighted by Gasteiger charge is -2.18. The molecule has 0 aromatic heterocycles. The number of carbonyl (C=O) groups excluding carboxylic acids is 1. The third-order valence-electron chi connectivity index (χ3n) is 3.23. The van der Waals surface area contributed by atoms with Crippen LogP contribution in [0.5, 0.6) is 0 Å². The second kappa shape index (κ2) is 7.82. The number of amides is 1. The molecule has 0 aliphatic carbocycles. The minimum atomic E-state index is 0.119. The van der Waals surface area contributed by atoms with E-state index in [-0.39, 0.29) is 5.91 Å². The van der Waals surface area contributed by atoms with Crippen LogP contribution < -0.4 is 5.32 Å². The quantitative estimate of drug-likeness (QED) is 0.813. The van der Waals surface area contributed by atoms with Crippen molar-refractivity contribution in [3.63, 3.8) is 0 Å². The molecule has 1 rings (SSSR count). The van der Waals surface area contributed by atoms with E-state index in [0.717, 1.165) is 49.2 Å². The first-order valence-corrected chi connectivity index (χ1v) is 7.20. The first kappa shape index (κ1) is 15.5. The highest BCUT2D eigenvalue weighted by Crippen LogP contribution is 2.17. The maximum atomic E-state index is 12.3. The molecule has 1 amide bonds. The van der Waals surface area contributed by atoms with E-state index in [0.29, 0.717) is 0 Å². The van der Waals surface area contributed by atoms with Gasteiger partial charge in [0, 0.05) is 31.4 Å². The first-order chi connectivity index (χ1) is 9.10. The van der Waals surface area contributed by atoms with E-state index in [2.05, 4.69) is 25.2 Å². The van der Waals surface area contributed by atoms with Gasteiger partial charge in [0.05, 0.1) is 0 Å². The van der Waals surface area contributed by atoms with Crippen molar-refractivity contribution in [3.8, 4) is 0 Å². The first-order valence-electron chi connectivity index (χ1n) is 7.20. The number of anilines is 1. The largest absolute Gasteiger partial charge is 0.385 e. The molecule has 19 heavy (non-hydrogen) atoms. The minimum Gasteiger partial charge on any atom is -0.385 e. The predicted molar refractivity (Wildman–Crippen MR) is 81.8 cm³/mol. The van der Waals surface area contributed by atoms with Crippen LogP contribution in [0.4, 0.5) is 5.69 Å². The van der Waals surface area contributed by atoms with Gasteiger partial charge < -0.3 is 10.2 Å². The van der Waals surface area contributed by atoms with Crippen molar-refractivity contribution in [3.05, 3.63) is 29.3 Å². The lowest BCUT2D eigenvalue weighted by atomic mass is 10.1. The van der Waals surface area contributed by atoms with Crippen molar-refractivity contribution in [1.82, 2.24) is 4.90 Å². The van der Waals surface area contributed by atoms with Gasteiger partial charge in [0.1, 0.15) is 0 Å². The van der Waals surface area contributed by atoms with E-state index in [4.69, 9.17) is 0 Å². The van der Waals surface area contributed by atoms with Gasteiger partial charge in [-0.2, -0.15) is 0 Å². The molecule has 3 nitrogen and oxygen atoms in total. The van der Waals surface area contributed by atoms with Crippen LogP contribution >= 0.6 is 0 Å². The summed E-state index contributed by atoms with van der Waals surface area (Å²) in [5.74, 6) is 0.119. The second-order valence-corrected chi connectivity index (χ2v) is 5.04. The fourth-order valence-electron chi connectivity index (χ4n) is 1.99. The highest BCUT2D eigenvalue weighted by molar-refractivity contribution is 5.95. The van der Waals surface area contributed by atoms with Crippen LogP contribution in [0.2, 0.25) is 0 Å². The lowest BCUT2D eigenvalue weighted by molar-refractivity contribution is 0.0792. The molecule has 0 spiro atoms. The third kappa shape index (κ3) is 4.58. The van der Waals surface area contributed by atoms with Gasteiger partial charge in [-0.25, -0.2) is 0 Å². The molecule has 0 unspecified atom stereocenters. The molecule has 0 heterocycles. The summed E-state index contributed by atoms with van der Waals surface area (Å²) in [7, 11) is 1.88. The molecule has 0 saturated carbocycles. The number of rotatable bonds is 7. The number of hydrogen-bond donors (Lipinski definition) is 1. The van der Waals surface area contributed by atoms with E-state index < -0.39 is 0 Å². The molecule has 0 aliphatic rings. The highest BCUT2D eigenvalue weighted by atomic mass is 16.2. The molecule has 0 atom stereocenters. The normalized spacial score (nSPS) is 10.3. The van der Waals surface area contributed by atoms with Crippen LogP contribution in [-0.2, 0) is 0 Å². The number of nitrogens with one attached hydrogen (secondary N) is 1. The standard InChI is InChI=1S/C16H26N2O/c1-5-7-11-18(4)16(19)15-9-8-14(12-13(15)3)17-10-6-2/h8-9,12,17H,5-7,10-11H2,1-4H3. The number of nitrogens with zero attached hydrogens (tertiary/aromatic N) is 1. The number of benzene rings is 1. The zero-order valence-corrected chi connectivity index (χ0v) is 12.6. The fourth-order valence-corrected chi connectivity index (χ4v) is 1.99. The Morgan fingerprint density at radius 2 is 2.00 bits per heavy atom. The zero-order valence-electron chi connectivity index (χ0n) is 12.6. The van der Waals surface area contributed by atoms with Crippen LogP contribution in [0, 0.1) is 6.92 Å². The van der Waals surface area contributed by atoms with Crippen molar-refractivity contribution in [2.24, 2.45) is 0 Å². The fraction of sp³-hybridized carbons (Fsp3) is 0.562. The van der Waals surface area contributed by atoms with Gasteiger partial charge in [-0.3, -0.25) is 4.79 Å². The zero-order chi connectivity index (χ0) is 14.3. The summed E-state index contributed by atoms with van der Waals surface area (Å²) >= 11 is 0. The average molecular weight is 262 g/mol. The molecule has 0 saturated heterocycles. The van der Waals surface area contributed by atoms with E-state index in [1.54, 1.807) is 0 Å². The van der Waals surface area contributed by atoms with Gasteiger partial charge in [0.2, 0.25) is 0 Å². The smallest absolute Gasteiger partial charge is 0.253 e. The Kier molecular flexibility index (Phi) is 6.40. The molecular weight excluding hydrogens is 236 g/mol. The number of carbonyl (C=O) groups is 1. The molecule has 0 aliphatic heterocycles. The van der Waals surface area contributed by atoms with Gasteiger partial charge >= 0.3 is 0 Å². The topological polar surface area (TPSA) is 32.3 Å². The predicted octanol–water partition coefficient (Wildman–Crippen LogP) is 3.69. The van der Waals surface area contributed by atoms with Gasteiger partial charge in [-0.05, 0) is 43.5 Å². The van der Waals surface area contributed by atoms with Crippen LogP contribution in [0.1, 0.15) is 49.0 Å². The summed E-state index contributed by atoms with van der Waals surface area (Å²) in [6, 6.07) is 5.97. The lowest BCUT2D eigenvalue weighted by Crippen LogP contribution is -2.28. The van der Waals surface area contributed by atoms with E-state index in [1.807, 2.05) is 31.0 Å². The van der Waals surface area contributed by atoms with E-state index >= 15 is 0 Å². The van der Waals surface area contributed by atoms with Crippen LogP contribution in [0.3, 0.4) is 0 Å². The molecule has 3 heteroatoms. The van der Waals surface area contributed by atoms with Crippen molar-refractivity contribution in [1.29, 1.82) is 0 Å². The Morgan fingerprint density at radius 3 is 2.58 bits per heavy atom. The summed E-state index contributed by atoms with van der Waals surface area (Å²) in [6.45, 7) is 8.06. The molecule has 0 bridgehead atoms. The molecule has 0 fully saturated rings. The van der Waals surface area contributed by atoms with Crippen molar-refractivity contribution < 1.29 is 4.79 Å². The van der Waals surface area contributed by atoms with E-state index in [1.165, 1.54) is 0 Å². The monoisotopic (exact) mass is 262 g/mol. The summed E-state index contributed by atoms with van der Waals surface area (Å²) in [4.78, 5) is 14.1. The van der Waals surface area contributed by atoms with Crippen molar-refractivity contribution in [2.75, 3.05) is 25.5 Å². The van der Waals surface area contributed by atoms with Crippen LogP contribution in [0.25, 0.3) is 0 Å². The van der Waals surface area contributed by atoms with Crippen LogP contribution in [-0.4, -0.2) is 30.9 Å².